The van der Waals surface area contributed by atoms with Crippen molar-refractivity contribution in [2.45, 2.75) is 38.1 Å². The third kappa shape index (κ3) is 3.15. The molecule has 0 N–H and O–H groups in total. The minimum Gasteiger partial charge on any atom is -0.289 e. The third-order valence-corrected chi connectivity index (χ3v) is 2.01. The highest BCUT2D eigenvalue weighted by molar-refractivity contribution is 5.81. The smallest absolute Gasteiger partial charge is 0.126 e. The predicted molar refractivity (Wildman–Crippen MR) is 45.6 cm³/mol. The molecule has 2 nitrogen and oxygen atoms in total. The molecular weight excluding hydrogens is 138 g/mol. The highest BCUT2D eigenvalue weighted by Crippen LogP contribution is 2.19. The van der Waals surface area contributed by atoms with Gasteiger partial charge in [-0.05, 0) is 12.8 Å². The first-order valence-electron chi connectivity index (χ1n) is 4.16. The van der Waals surface area contributed by atoms with Gasteiger partial charge in [-0.1, -0.05) is 19.3 Å². The molecule has 0 amide bonds. The zero-order chi connectivity index (χ0) is 7.94. The highest BCUT2D eigenvalue weighted by Gasteiger charge is 2.09. The summed E-state index contributed by atoms with van der Waals surface area (Å²) >= 11 is 0. The van der Waals surface area contributed by atoms with Crippen molar-refractivity contribution in [2.75, 3.05) is 0 Å². The van der Waals surface area contributed by atoms with Crippen molar-refractivity contribution in [2.24, 2.45) is 4.99 Å². The fourth-order valence-corrected chi connectivity index (χ4v) is 1.43. The van der Waals surface area contributed by atoms with Crippen LogP contribution in [0.3, 0.4) is 0 Å². The Kier molecular flexibility index (Phi) is 3.63. The maximum absolute atomic E-state index is 9.77. The van der Waals surface area contributed by atoms with E-state index in [4.69, 9.17) is 0 Å². The van der Waals surface area contributed by atoms with Gasteiger partial charge in [0.2, 0.25) is 0 Å². The van der Waals surface area contributed by atoms with E-state index in [1.807, 2.05) is 0 Å². The summed E-state index contributed by atoms with van der Waals surface area (Å²) in [5.74, 6) is 1.68. The van der Waals surface area contributed by atoms with Crippen LogP contribution in [0.25, 0.3) is 0 Å². The van der Waals surface area contributed by atoms with Crippen molar-refractivity contribution < 1.29 is 4.79 Å². The predicted octanol–water partition coefficient (Wildman–Crippen LogP) is 1.78. The molecule has 0 atom stereocenters. The van der Waals surface area contributed by atoms with Crippen LogP contribution in [-0.4, -0.2) is 18.2 Å². The Hall–Kier alpha value is -0.880. The molecule has 0 saturated heterocycles. The number of nitrogens with zero attached hydrogens (tertiary/aromatic N) is 1. The van der Waals surface area contributed by atoms with Crippen LogP contribution < -0.4 is 0 Å². The van der Waals surface area contributed by atoms with Gasteiger partial charge in [0.15, 0.2) is 0 Å². The van der Waals surface area contributed by atoms with Crippen LogP contribution in [0.15, 0.2) is 11.1 Å². The molecule has 1 saturated carbocycles. The highest BCUT2D eigenvalue weighted by atomic mass is 16.1. The van der Waals surface area contributed by atoms with Crippen molar-refractivity contribution in [3.8, 4) is 0 Å². The van der Waals surface area contributed by atoms with Crippen LogP contribution >= 0.6 is 0 Å². The van der Waals surface area contributed by atoms with Gasteiger partial charge in [-0.2, -0.15) is 0 Å². The van der Waals surface area contributed by atoms with Crippen LogP contribution in [-0.2, 0) is 4.79 Å². The van der Waals surface area contributed by atoms with Gasteiger partial charge >= 0.3 is 0 Å². The first-order valence-corrected chi connectivity index (χ1v) is 4.16. The Balaban J connectivity index is 2.28. The average Bonchev–Trinajstić information content (AvgIpc) is 2.07. The van der Waals surface area contributed by atoms with Gasteiger partial charge in [0.1, 0.15) is 5.94 Å². The van der Waals surface area contributed by atoms with Gasteiger partial charge in [0, 0.05) is 18.3 Å². The number of carbonyl (C=O) groups excluding carboxylic acids is 1. The Morgan fingerprint density at radius 1 is 1.27 bits per heavy atom. The largest absolute Gasteiger partial charge is 0.289 e. The quantitative estimate of drug-likeness (QED) is 0.437. The number of aliphatic imine (C=N–C) groups is 1. The second-order valence-corrected chi connectivity index (χ2v) is 2.87. The second kappa shape index (κ2) is 4.86. The summed E-state index contributed by atoms with van der Waals surface area (Å²) in [6, 6.07) is 0.466. The molecular formula is C9H13NO. The van der Waals surface area contributed by atoms with E-state index in [1.165, 1.54) is 38.2 Å². The molecule has 0 aromatic rings. The molecule has 0 spiro atoms. The van der Waals surface area contributed by atoms with Gasteiger partial charge in [0.25, 0.3) is 0 Å². The molecule has 11 heavy (non-hydrogen) atoms. The topological polar surface area (TPSA) is 29.4 Å². The van der Waals surface area contributed by atoms with Crippen LogP contribution in [0.2, 0.25) is 0 Å². The first-order chi connectivity index (χ1) is 5.43. The molecule has 1 fully saturated rings. The minimum atomic E-state index is 0.466. The number of hydrogen-bond donors (Lipinski definition) is 0. The normalized spacial score (nSPS) is 20.0. The maximum Gasteiger partial charge on any atom is 0.126 e. The summed E-state index contributed by atoms with van der Waals surface area (Å²) in [5, 5.41) is 0. The van der Waals surface area contributed by atoms with Crippen molar-refractivity contribution in [1.82, 2.24) is 0 Å². The SMILES string of the molecule is O=C=CC=NC1CCCCC1. The molecule has 0 heterocycles. The Morgan fingerprint density at radius 3 is 2.64 bits per heavy atom. The molecule has 0 unspecified atom stereocenters. The summed E-state index contributed by atoms with van der Waals surface area (Å²) in [4.78, 5) is 14.0. The van der Waals surface area contributed by atoms with Crippen molar-refractivity contribution in [3.05, 3.63) is 6.08 Å². The zero-order valence-electron chi connectivity index (χ0n) is 6.62. The van der Waals surface area contributed by atoms with E-state index >= 15 is 0 Å². The monoisotopic (exact) mass is 151 g/mol. The van der Waals surface area contributed by atoms with Gasteiger partial charge in [-0.25, -0.2) is 4.79 Å². The lowest BCUT2D eigenvalue weighted by molar-refractivity contribution is 0.444. The summed E-state index contributed by atoms with van der Waals surface area (Å²) in [5.41, 5.74) is 0. The van der Waals surface area contributed by atoms with Crippen LogP contribution in [0.1, 0.15) is 32.1 Å². The molecule has 1 rings (SSSR count). The molecule has 0 aromatic carbocycles. The Labute approximate surface area is 67.0 Å². The molecule has 60 valence electrons. The fourth-order valence-electron chi connectivity index (χ4n) is 1.43. The van der Waals surface area contributed by atoms with E-state index in [9.17, 15) is 4.79 Å². The third-order valence-electron chi connectivity index (χ3n) is 2.01. The molecule has 2 heteroatoms. The zero-order valence-corrected chi connectivity index (χ0v) is 6.62. The number of rotatable bonds is 2. The van der Waals surface area contributed by atoms with Crippen LogP contribution in [0.4, 0.5) is 0 Å². The molecule has 0 bridgehead atoms. The van der Waals surface area contributed by atoms with Crippen molar-refractivity contribution in [3.63, 3.8) is 0 Å². The van der Waals surface area contributed by atoms with Gasteiger partial charge in [-0.15, -0.1) is 0 Å². The average molecular weight is 151 g/mol. The second-order valence-electron chi connectivity index (χ2n) is 2.87. The minimum absolute atomic E-state index is 0.466. The first kappa shape index (κ1) is 8.22. The standard InChI is InChI=1S/C9H13NO/c11-8-4-7-10-9-5-2-1-3-6-9/h4,7,9H,1-3,5-6H2. The van der Waals surface area contributed by atoms with E-state index in [0.29, 0.717) is 6.04 Å². The number of hydrogen-bond acceptors (Lipinski definition) is 2. The van der Waals surface area contributed by atoms with E-state index in [1.54, 1.807) is 12.2 Å². The van der Waals surface area contributed by atoms with Crippen molar-refractivity contribution >= 4 is 12.2 Å². The van der Waals surface area contributed by atoms with E-state index < -0.39 is 0 Å². The summed E-state index contributed by atoms with van der Waals surface area (Å²) < 4.78 is 0. The van der Waals surface area contributed by atoms with Crippen LogP contribution in [0.5, 0.6) is 0 Å². The molecule has 0 aromatic heterocycles. The maximum atomic E-state index is 9.77. The molecule has 1 aliphatic carbocycles. The van der Waals surface area contributed by atoms with Gasteiger partial charge < -0.3 is 0 Å². The Morgan fingerprint density at radius 2 is 2.00 bits per heavy atom. The Bertz CT molecular complexity index is 174. The van der Waals surface area contributed by atoms with Crippen molar-refractivity contribution in [1.29, 1.82) is 0 Å². The summed E-state index contributed by atoms with van der Waals surface area (Å²) in [7, 11) is 0. The molecule has 0 aliphatic heterocycles. The number of allylic oxidation sites excluding steroid dienone is 1. The van der Waals surface area contributed by atoms with Crippen LogP contribution in [0, 0.1) is 0 Å². The lowest BCUT2D eigenvalue weighted by atomic mass is 9.96. The molecule has 1 aliphatic rings. The lowest BCUT2D eigenvalue weighted by Gasteiger charge is -2.16. The van der Waals surface area contributed by atoms with E-state index in [-0.39, 0.29) is 0 Å². The van der Waals surface area contributed by atoms with Gasteiger partial charge in [0.05, 0.1) is 0 Å². The van der Waals surface area contributed by atoms with E-state index in [2.05, 4.69) is 4.99 Å². The van der Waals surface area contributed by atoms with E-state index in [0.717, 1.165) is 0 Å². The lowest BCUT2D eigenvalue weighted by Crippen LogP contribution is -2.09. The molecule has 0 radical (unpaired) electrons. The summed E-state index contributed by atoms with van der Waals surface area (Å²) in [6.45, 7) is 0. The van der Waals surface area contributed by atoms with Gasteiger partial charge in [-0.3, -0.25) is 4.99 Å². The fraction of sp³-hybridized carbons (Fsp3) is 0.667. The summed E-state index contributed by atoms with van der Waals surface area (Å²) in [6.07, 6.45) is 9.18.